The van der Waals surface area contributed by atoms with Gasteiger partial charge in [0, 0.05) is 0 Å². The van der Waals surface area contributed by atoms with Crippen LogP contribution in [0.25, 0.3) is 33.4 Å². The van der Waals surface area contributed by atoms with Crippen LogP contribution in [-0.2, 0) is 21.7 Å². The van der Waals surface area contributed by atoms with Crippen LogP contribution in [0.2, 0.25) is 5.04 Å². The van der Waals surface area contributed by atoms with Gasteiger partial charge in [0.2, 0.25) is 0 Å². The van der Waals surface area contributed by atoms with Crippen LogP contribution in [0.15, 0.2) is 144 Å². The van der Waals surface area contributed by atoms with Crippen molar-refractivity contribution in [1.82, 2.24) is 0 Å². The quantitative estimate of drug-likeness (QED) is 0.132. The van der Waals surface area contributed by atoms with E-state index in [0.717, 1.165) is 0 Å². The summed E-state index contributed by atoms with van der Waals surface area (Å²) in [5, 5.41) is 3.90. The van der Waals surface area contributed by atoms with Crippen LogP contribution in [0.1, 0.15) is 61.1 Å². The summed E-state index contributed by atoms with van der Waals surface area (Å²) in [5.74, 6) is 0. The Morgan fingerprint density at radius 1 is 0.411 bits per heavy atom. The van der Waals surface area contributed by atoms with Crippen molar-refractivity contribution in [2.24, 2.45) is 0 Å². The van der Waals surface area contributed by atoms with Crippen LogP contribution >= 0.6 is 0 Å². The van der Waals surface area contributed by atoms with E-state index < -0.39 is 13.1 Å². The minimum Gasteiger partial charge on any atom is -1.00 e. The first kappa shape index (κ1) is 47.0. The van der Waals surface area contributed by atoms with E-state index in [1.165, 1.54) is 99.0 Å². The molecule has 0 spiro atoms. The molecule has 56 heavy (non-hydrogen) atoms. The molecule has 0 radical (unpaired) electrons. The van der Waals surface area contributed by atoms with Gasteiger partial charge < -0.3 is 37.2 Å². The third kappa shape index (κ3) is 7.77. The number of hydrogen-bond donors (Lipinski definition) is 0. The van der Waals surface area contributed by atoms with E-state index in [4.69, 9.17) is 0 Å². The molecule has 0 heterocycles. The van der Waals surface area contributed by atoms with Crippen LogP contribution in [0.4, 0.5) is 0 Å². The van der Waals surface area contributed by atoms with Gasteiger partial charge in [-0.3, -0.25) is 6.08 Å². The first-order valence-corrected chi connectivity index (χ1v) is 20.7. The monoisotopic (exact) mass is 844 g/mol. The van der Waals surface area contributed by atoms with Crippen molar-refractivity contribution in [1.29, 1.82) is 0 Å². The van der Waals surface area contributed by atoms with Gasteiger partial charge in [-0.2, -0.15) is 11.1 Å². The standard InChI is InChI=1S/C51H51Si.3ClH.Ti/c1-33-26-45(42-20-14-11-15-21-42)48(29-36(33)4)52(51(10)32-39(7)40(8)41(51)9,49-30-37(5)34(2)27-46(49)43-22-16-12-17-23-43)50-31-38(6)35(3)28-47(50)44-24-18-13-19-25-44;;;;/h11-31H,1-10H3;3*1H;/q-1;;;;+4/p-3. The molecule has 6 aromatic rings. The second kappa shape index (κ2) is 18.5. The summed E-state index contributed by atoms with van der Waals surface area (Å²) in [6.45, 7) is 23.3. The Bertz CT molecular complexity index is 2170. The van der Waals surface area contributed by atoms with Gasteiger partial charge in [0.15, 0.2) is 0 Å². The average molecular weight is 846 g/mol. The molecular weight excluding hydrogens is 795 g/mol. The van der Waals surface area contributed by atoms with Gasteiger partial charge in [-0.1, -0.05) is 153 Å². The fourth-order valence-corrected chi connectivity index (χ4v) is 15.6. The molecule has 0 saturated carbocycles. The molecule has 6 aromatic carbocycles. The zero-order chi connectivity index (χ0) is 36.9. The first-order chi connectivity index (χ1) is 24.9. The van der Waals surface area contributed by atoms with Gasteiger partial charge in [-0.05, 0) is 124 Å². The second-order valence-corrected chi connectivity index (χ2v) is 19.5. The van der Waals surface area contributed by atoms with E-state index in [-0.39, 0.29) is 58.9 Å². The van der Waals surface area contributed by atoms with Crippen LogP contribution in [0, 0.1) is 47.6 Å². The largest absolute Gasteiger partial charge is 4.00 e. The molecular formula is C51H51Cl3SiTi. The third-order valence-corrected chi connectivity index (χ3v) is 18.1. The summed E-state index contributed by atoms with van der Waals surface area (Å²) >= 11 is 0. The van der Waals surface area contributed by atoms with Gasteiger partial charge in [-0.25, -0.2) is 5.57 Å². The Morgan fingerprint density at radius 3 is 0.929 bits per heavy atom. The molecule has 0 nitrogen and oxygen atoms in total. The number of halogens is 3. The van der Waals surface area contributed by atoms with Crippen molar-refractivity contribution in [3.63, 3.8) is 0 Å². The molecule has 0 N–H and O–H groups in total. The minimum atomic E-state index is -3.30. The van der Waals surface area contributed by atoms with E-state index in [9.17, 15) is 0 Å². The maximum Gasteiger partial charge on any atom is 4.00 e. The maximum atomic E-state index is 4.31. The molecule has 5 heteroatoms. The predicted octanol–water partition coefficient (Wildman–Crippen LogP) is 2.88. The van der Waals surface area contributed by atoms with Crippen LogP contribution in [0.3, 0.4) is 0 Å². The Labute approximate surface area is 371 Å². The fourth-order valence-electron chi connectivity index (χ4n) is 8.79. The summed E-state index contributed by atoms with van der Waals surface area (Å²) in [5.41, 5.74) is 19.7. The summed E-state index contributed by atoms with van der Waals surface area (Å²) in [7, 11) is -3.30. The van der Waals surface area contributed by atoms with Gasteiger partial charge in [0.1, 0.15) is 8.07 Å². The Hall–Kier alpha value is -3.40. The summed E-state index contributed by atoms with van der Waals surface area (Å²) in [6, 6.07) is 48.6. The molecule has 1 aliphatic rings. The minimum absolute atomic E-state index is 0. The average Bonchev–Trinajstić information content (AvgIpc) is 3.35. The molecule has 0 aliphatic heterocycles. The van der Waals surface area contributed by atoms with Gasteiger partial charge in [-0.15, -0.1) is 6.92 Å². The Morgan fingerprint density at radius 2 is 0.679 bits per heavy atom. The maximum absolute atomic E-state index is 4.31. The molecule has 0 aromatic heterocycles. The number of allylic oxidation sites excluding steroid dienone is 4. The van der Waals surface area contributed by atoms with Crippen LogP contribution < -0.4 is 52.8 Å². The van der Waals surface area contributed by atoms with E-state index in [1.807, 2.05) is 0 Å². The normalized spacial score (nSPS) is 14.9. The van der Waals surface area contributed by atoms with Crippen molar-refractivity contribution in [2.75, 3.05) is 0 Å². The Balaban J connectivity index is 0.00000210. The summed E-state index contributed by atoms with van der Waals surface area (Å²) in [4.78, 5) is 0. The van der Waals surface area contributed by atoms with Crippen molar-refractivity contribution in [3.8, 4) is 33.4 Å². The van der Waals surface area contributed by atoms with Crippen molar-refractivity contribution < 1.29 is 58.9 Å². The van der Waals surface area contributed by atoms with E-state index in [1.54, 1.807) is 0 Å². The van der Waals surface area contributed by atoms with Crippen molar-refractivity contribution in [3.05, 3.63) is 184 Å². The molecule has 0 saturated heterocycles. The molecule has 1 atom stereocenters. The predicted molar refractivity (Wildman–Crippen MR) is 228 cm³/mol. The summed E-state index contributed by atoms with van der Waals surface area (Å²) < 4.78 is 0. The van der Waals surface area contributed by atoms with E-state index in [2.05, 4.69) is 203 Å². The second-order valence-electron chi connectivity index (χ2n) is 15.4. The molecule has 0 bridgehead atoms. The number of rotatable bonds is 7. The number of hydrogen-bond acceptors (Lipinski definition) is 0. The summed E-state index contributed by atoms with van der Waals surface area (Å²) in [6.07, 6.45) is 4.31. The molecule has 7 rings (SSSR count). The fraction of sp³-hybridized carbons (Fsp3) is 0.216. The van der Waals surface area contributed by atoms with Crippen LogP contribution in [-0.4, -0.2) is 8.07 Å². The van der Waals surface area contributed by atoms with Gasteiger partial charge in [0.05, 0.1) is 0 Å². The smallest absolute Gasteiger partial charge is 1.00 e. The zero-order valence-electron chi connectivity index (χ0n) is 34.3. The third-order valence-electron chi connectivity index (χ3n) is 12.4. The van der Waals surface area contributed by atoms with Gasteiger partial charge in [0.25, 0.3) is 0 Å². The molecule has 0 amide bonds. The zero-order valence-corrected chi connectivity index (χ0v) is 39.1. The van der Waals surface area contributed by atoms with Gasteiger partial charge >= 0.3 is 21.7 Å². The number of aryl methyl sites for hydroxylation is 6. The van der Waals surface area contributed by atoms with E-state index in [0.29, 0.717) is 0 Å². The SMILES string of the molecule is CC1=[C-]C(C)([Si](c2cc(C)c(C)cc2-c2ccccc2)(c2cc(C)c(C)cc2-c2ccccc2)c2cc(C)c(C)cc2-c2ccccc2)C(C)=C1C.[Cl-].[Cl-].[Cl-].[Ti+4]. The Kier molecular flexibility index (Phi) is 15.5. The number of benzene rings is 6. The molecule has 284 valence electrons. The van der Waals surface area contributed by atoms with Crippen molar-refractivity contribution >= 4 is 23.6 Å². The van der Waals surface area contributed by atoms with Crippen molar-refractivity contribution in [2.45, 2.75) is 74.3 Å². The topological polar surface area (TPSA) is 0 Å². The first-order valence-electron chi connectivity index (χ1n) is 18.7. The molecule has 1 unspecified atom stereocenters. The van der Waals surface area contributed by atoms with E-state index >= 15 is 0 Å². The van der Waals surface area contributed by atoms with Crippen LogP contribution in [0.5, 0.6) is 0 Å². The molecule has 0 fully saturated rings. The molecule has 1 aliphatic carbocycles.